The van der Waals surface area contributed by atoms with Crippen LogP contribution in [0.3, 0.4) is 0 Å². The predicted octanol–water partition coefficient (Wildman–Crippen LogP) is 1.29. The molecule has 0 aliphatic heterocycles. The first-order valence-electron chi connectivity index (χ1n) is 4.15. The average molecular weight is 221 g/mol. The van der Waals surface area contributed by atoms with Gasteiger partial charge in [0.25, 0.3) is 0 Å². The summed E-state index contributed by atoms with van der Waals surface area (Å²) in [7, 11) is 1.50. The molecular weight excluding hydrogens is 211 g/mol. The van der Waals surface area contributed by atoms with Crippen LogP contribution in [0.25, 0.3) is 0 Å². The van der Waals surface area contributed by atoms with Gasteiger partial charge < -0.3 is 9.67 Å². The van der Waals surface area contributed by atoms with Crippen LogP contribution >= 0.6 is 0 Å². The monoisotopic (exact) mass is 221 g/mol. The van der Waals surface area contributed by atoms with Crippen LogP contribution in [0.4, 0.5) is 13.2 Å². The van der Waals surface area contributed by atoms with E-state index in [0.717, 1.165) is 12.3 Å². The van der Waals surface area contributed by atoms with Crippen molar-refractivity contribution in [1.29, 1.82) is 0 Å². The largest absolute Gasteiger partial charge is 0.418 e. The molecule has 0 amide bonds. The number of aliphatic hydroxyl groups is 1. The Morgan fingerprint density at radius 2 is 2.00 bits per heavy atom. The van der Waals surface area contributed by atoms with Crippen molar-refractivity contribution in [3.8, 4) is 0 Å². The molecule has 0 aliphatic rings. The molecular formula is C9H10F3NO2. The van der Waals surface area contributed by atoms with Gasteiger partial charge in [-0.15, -0.1) is 0 Å². The minimum atomic E-state index is -4.82. The number of aromatic nitrogens is 1. The van der Waals surface area contributed by atoms with Crippen molar-refractivity contribution in [2.45, 2.75) is 19.2 Å². The van der Waals surface area contributed by atoms with E-state index in [1.54, 1.807) is 6.92 Å². The Hall–Kier alpha value is -1.30. The molecule has 1 heterocycles. The molecule has 1 aromatic heterocycles. The first kappa shape index (κ1) is 11.8. The number of rotatable bonds is 1. The summed E-state index contributed by atoms with van der Waals surface area (Å²) in [6.45, 7) is 1.59. The van der Waals surface area contributed by atoms with Crippen LogP contribution in [0.15, 0.2) is 17.1 Å². The standard InChI is InChI=1S/C9H10F3NO2/c1-5-3-7(14)6(4-13(5)2)8(15)9(10,11)12/h3-4,8,15H,1-2H3. The van der Waals surface area contributed by atoms with Gasteiger partial charge >= 0.3 is 6.18 Å². The first-order chi connectivity index (χ1) is 6.73. The summed E-state index contributed by atoms with van der Waals surface area (Å²) >= 11 is 0. The van der Waals surface area contributed by atoms with Gasteiger partial charge in [-0.05, 0) is 6.92 Å². The van der Waals surface area contributed by atoms with Crippen LogP contribution in [-0.4, -0.2) is 15.8 Å². The molecule has 0 radical (unpaired) electrons. The van der Waals surface area contributed by atoms with Crippen molar-refractivity contribution in [2.24, 2.45) is 7.05 Å². The van der Waals surface area contributed by atoms with E-state index in [1.165, 1.54) is 11.6 Å². The highest BCUT2D eigenvalue weighted by molar-refractivity contribution is 5.18. The maximum Gasteiger partial charge on any atom is 0.418 e. The van der Waals surface area contributed by atoms with Crippen molar-refractivity contribution in [2.75, 3.05) is 0 Å². The molecule has 1 unspecified atom stereocenters. The van der Waals surface area contributed by atoms with E-state index < -0.39 is 23.3 Å². The Balaban J connectivity index is 3.28. The van der Waals surface area contributed by atoms with Gasteiger partial charge in [-0.25, -0.2) is 0 Å². The highest BCUT2D eigenvalue weighted by atomic mass is 19.4. The normalized spacial score (nSPS) is 14.0. The van der Waals surface area contributed by atoms with E-state index in [2.05, 4.69) is 0 Å². The molecule has 6 heteroatoms. The molecule has 15 heavy (non-hydrogen) atoms. The number of halogens is 3. The molecule has 0 aromatic carbocycles. The van der Waals surface area contributed by atoms with E-state index in [9.17, 15) is 18.0 Å². The van der Waals surface area contributed by atoms with Crippen molar-refractivity contribution in [1.82, 2.24) is 4.57 Å². The number of nitrogens with zero attached hydrogens (tertiary/aromatic N) is 1. The third-order valence-corrected chi connectivity index (χ3v) is 2.12. The molecule has 1 aromatic rings. The molecule has 1 rings (SSSR count). The maximum absolute atomic E-state index is 12.1. The maximum atomic E-state index is 12.1. The lowest BCUT2D eigenvalue weighted by molar-refractivity contribution is -0.207. The highest BCUT2D eigenvalue weighted by Crippen LogP contribution is 2.30. The van der Waals surface area contributed by atoms with Gasteiger partial charge in [0.05, 0.1) is 5.56 Å². The summed E-state index contributed by atoms with van der Waals surface area (Å²) in [6, 6.07) is 1.06. The van der Waals surface area contributed by atoms with E-state index in [0.29, 0.717) is 5.69 Å². The van der Waals surface area contributed by atoms with Gasteiger partial charge in [-0.2, -0.15) is 13.2 Å². The number of pyridine rings is 1. The lowest BCUT2D eigenvalue weighted by Gasteiger charge is -2.15. The van der Waals surface area contributed by atoms with E-state index in [-0.39, 0.29) is 0 Å². The van der Waals surface area contributed by atoms with E-state index in [1.807, 2.05) is 0 Å². The summed E-state index contributed by atoms with van der Waals surface area (Å²) < 4.78 is 37.8. The number of alkyl halides is 3. The summed E-state index contributed by atoms with van der Waals surface area (Å²) in [5.41, 5.74) is -0.941. The third-order valence-electron chi connectivity index (χ3n) is 2.12. The van der Waals surface area contributed by atoms with Crippen molar-refractivity contribution in [3.63, 3.8) is 0 Å². The molecule has 1 atom stereocenters. The van der Waals surface area contributed by atoms with Crippen LogP contribution in [-0.2, 0) is 7.05 Å². The lowest BCUT2D eigenvalue weighted by atomic mass is 10.1. The summed E-state index contributed by atoms with van der Waals surface area (Å²) in [6.07, 6.45) is -6.55. The van der Waals surface area contributed by atoms with Gasteiger partial charge in [0, 0.05) is 25.0 Å². The average Bonchev–Trinajstić information content (AvgIpc) is 2.08. The predicted molar refractivity (Wildman–Crippen MR) is 47.4 cm³/mol. The highest BCUT2D eigenvalue weighted by Gasteiger charge is 2.40. The van der Waals surface area contributed by atoms with Gasteiger partial charge in [0.2, 0.25) is 0 Å². The number of aliphatic hydroxyl groups excluding tert-OH is 1. The molecule has 0 saturated heterocycles. The van der Waals surface area contributed by atoms with Crippen LogP contribution in [0.1, 0.15) is 17.4 Å². The summed E-state index contributed by atoms with van der Waals surface area (Å²) in [5, 5.41) is 8.91. The Bertz CT molecular complexity index is 422. The second kappa shape index (κ2) is 3.69. The number of hydrogen-bond donors (Lipinski definition) is 1. The fraction of sp³-hybridized carbons (Fsp3) is 0.444. The zero-order chi connectivity index (χ0) is 11.8. The Morgan fingerprint density at radius 3 is 2.47 bits per heavy atom. The number of aryl methyl sites for hydroxylation is 2. The van der Waals surface area contributed by atoms with Gasteiger partial charge in [-0.1, -0.05) is 0 Å². The summed E-state index contributed by atoms with van der Waals surface area (Å²) in [5.74, 6) is 0. The Labute approximate surface area is 83.8 Å². The molecule has 0 spiro atoms. The minimum absolute atomic E-state index is 0.526. The second-order valence-electron chi connectivity index (χ2n) is 3.29. The molecule has 0 bridgehead atoms. The smallest absolute Gasteiger partial charge is 0.379 e. The van der Waals surface area contributed by atoms with Crippen molar-refractivity contribution >= 4 is 0 Å². The topological polar surface area (TPSA) is 42.2 Å². The summed E-state index contributed by atoms with van der Waals surface area (Å²) in [4.78, 5) is 11.2. The second-order valence-corrected chi connectivity index (χ2v) is 3.29. The molecule has 3 nitrogen and oxygen atoms in total. The molecule has 84 valence electrons. The third kappa shape index (κ3) is 2.38. The SMILES string of the molecule is Cc1cc(=O)c(C(O)C(F)(F)F)cn1C. The van der Waals surface area contributed by atoms with Crippen molar-refractivity contribution < 1.29 is 18.3 Å². The zero-order valence-corrected chi connectivity index (χ0v) is 8.17. The Kier molecular flexibility index (Phi) is 2.90. The molecule has 0 aliphatic carbocycles. The molecule has 1 N–H and O–H groups in total. The van der Waals surface area contributed by atoms with E-state index in [4.69, 9.17) is 5.11 Å². The van der Waals surface area contributed by atoms with Gasteiger partial charge in [0.1, 0.15) is 0 Å². The lowest BCUT2D eigenvalue weighted by Crippen LogP contribution is -2.27. The first-order valence-corrected chi connectivity index (χ1v) is 4.15. The number of hydrogen-bond acceptors (Lipinski definition) is 2. The van der Waals surface area contributed by atoms with Crippen LogP contribution in [0.5, 0.6) is 0 Å². The van der Waals surface area contributed by atoms with Crippen LogP contribution in [0.2, 0.25) is 0 Å². The van der Waals surface area contributed by atoms with Crippen LogP contribution in [0, 0.1) is 6.92 Å². The van der Waals surface area contributed by atoms with Gasteiger partial charge in [-0.3, -0.25) is 4.79 Å². The minimum Gasteiger partial charge on any atom is -0.379 e. The van der Waals surface area contributed by atoms with Crippen LogP contribution < -0.4 is 5.43 Å². The molecule has 0 saturated carbocycles. The van der Waals surface area contributed by atoms with Gasteiger partial charge in [0.15, 0.2) is 11.5 Å². The Morgan fingerprint density at radius 1 is 1.47 bits per heavy atom. The molecule has 0 fully saturated rings. The fourth-order valence-electron chi connectivity index (χ4n) is 1.13. The van der Waals surface area contributed by atoms with Crippen molar-refractivity contribution in [3.05, 3.63) is 33.7 Å². The fourth-order valence-corrected chi connectivity index (χ4v) is 1.13. The van der Waals surface area contributed by atoms with E-state index >= 15 is 0 Å². The quantitative estimate of drug-likeness (QED) is 0.776. The zero-order valence-electron chi connectivity index (χ0n) is 8.17.